The van der Waals surface area contributed by atoms with Crippen molar-refractivity contribution in [3.05, 3.63) is 34.9 Å². The Labute approximate surface area is 116 Å². The monoisotopic (exact) mass is 263 g/mol. The molecule has 1 atom stereocenters. The highest BCUT2D eigenvalue weighted by atomic mass is 16.4. The van der Waals surface area contributed by atoms with Crippen LogP contribution in [-0.4, -0.2) is 36.1 Å². The predicted octanol–water partition coefficient (Wildman–Crippen LogP) is 2.89. The van der Waals surface area contributed by atoms with Crippen molar-refractivity contribution in [2.45, 2.75) is 33.6 Å². The summed E-state index contributed by atoms with van der Waals surface area (Å²) in [6.07, 6.45) is 1.26. The zero-order chi connectivity index (χ0) is 14.4. The molecule has 1 aromatic rings. The second-order valence-corrected chi connectivity index (χ2v) is 5.65. The van der Waals surface area contributed by atoms with Crippen molar-refractivity contribution < 1.29 is 9.90 Å². The standard InChI is InChI=1S/C16H25NO2/c1-12-5-6-14(3)15(9-12)7-8-17(4)11-13(2)10-16(18)19/h5-6,9,13H,7-8,10-11H2,1-4H3,(H,18,19). The maximum Gasteiger partial charge on any atom is 0.303 e. The molecule has 106 valence electrons. The zero-order valence-electron chi connectivity index (χ0n) is 12.4. The molecule has 0 spiro atoms. The highest BCUT2D eigenvalue weighted by molar-refractivity contribution is 5.66. The van der Waals surface area contributed by atoms with Gasteiger partial charge < -0.3 is 10.0 Å². The van der Waals surface area contributed by atoms with Crippen LogP contribution >= 0.6 is 0 Å². The quantitative estimate of drug-likeness (QED) is 0.822. The Morgan fingerprint density at radius 3 is 2.68 bits per heavy atom. The molecule has 1 N–H and O–H groups in total. The van der Waals surface area contributed by atoms with Gasteiger partial charge in [-0.1, -0.05) is 30.7 Å². The topological polar surface area (TPSA) is 40.5 Å². The molecular weight excluding hydrogens is 238 g/mol. The van der Waals surface area contributed by atoms with Crippen LogP contribution in [0, 0.1) is 19.8 Å². The lowest BCUT2D eigenvalue weighted by Gasteiger charge is -2.20. The molecule has 0 saturated carbocycles. The van der Waals surface area contributed by atoms with Crippen LogP contribution in [0.25, 0.3) is 0 Å². The smallest absolute Gasteiger partial charge is 0.303 e. The summed E-state index contributed by atoms with van der Waals surface area (Å²) in [6, 6.07) is 6.54. The van der Waals surface area contributed by atoms with Gasteiger partial charge in [-0.15, -0.1) is 0 Å². The molecular formula is C16H25NO2. The van der Waals surface area contributed by atoms with E-state index in [0.717, 1.165) is 19.5 Å². The number of carboxylic acid groups (broad SMARTS) is 1. The SMILES string of the molecule is Cc1ccc(C)c(CCN(C)CC(C)CC(=O)O)c1. The lowest BCUT2D eigenvalue weighted by Crippen LogP contribution is -2.27. The number of nitrogens with zero attached hydrogens (tertiary/aromatic N) is 1. The van der Waals surface area contributed by atoms with Crippen molar-refractivity contribution in [2.24, 2.45) is 5.92 Å². The van der Waals surface area contributed by atoms with Crippen LogP contribution in [0.15, 0.2) is 18.2 Å². The van der Waals surface area contributed by atoms with E-state index in [2.05, 4.69) is 44.0 Å². The maximum atomic E-state index is 10.6. The fourth-order valence-corrected chi connectivity index (χ4v) is 2.37. The third-order valence-electron chi connectivity index (χ3n) is 3.41. The molecule has 0 fully saturated rings. The predicted molar refractivity (Wildman–Crippen MR) is 78.5 cm³/mol. The first-order chi connectivity index (χ1) is 8.88. The molecule has 0 radical (unpaired) electrons. The van der Waals surface area contributed by atoms with Crippen molar-refractivity contribution in [3.63, 3.8) is 0 Å². The molecule has 1 rings (SSSR count). The molecule has 0 saturated heterocycles. The second-order valence-electron chi connectivity index (χ2n) is 5.65. The molecule has 0 aliphatic rings. The lowest BCUT2D eigenvalue weighted by molar-refractivity contribution is -0.138. The van der Waals surface area contributed by atoms with Gasteiger partial charge in [-0.05, 0) is 44.4 Å². The summed E-state index contributed by atoms with van der Waals surface area (Å²) in [4.78, 5) is 12.9. The maximum absolute atomic E-state index is 10.6. The van der Waals surface area contributed by atoms with Crippen LogP contribution < -0.4 is 0 Å². The fourth-order valence-electron chi connectivity index (χ4n) is 2.37. The number of benzene rings is 1. The number of carbonyl (C=O) groups is 1. The summed E-state index contributed by atoms with van der Waals surface area (Å²) in [5.41, 5.74) is 4.01. The average molecular weight is 263 g/mol. The van der Waals surface area contributed by atoms with Gasteiger partial charge in [-0.3, -0.25) is 4.79 Å². The first kappa shape index (κ1) is 15.7. The van der Waals surface area contributed by atoms with Crippen molar-refractivity contribution in [1.29, 1.82) is 0 Å². The van der Waals surface area contributed by atoms with Gasteiger partial charge in [0.05, 0.1) is 0 Å². The summed E-state index contributed by atoms with van der Waals surface area (Å²) in [5.74, 6) is -0.517. The van der Waals surface area contributed by atoms with Gasteiger partial charge in [0.15, 0.2) is 0 Å². The Morgan fingerprint density at radius 2 is 2.05 bits per heavy atom. The van der Waals surface area contributed by atoms with Gasteiger partial charge in [-0.2, -0.15) is 0 Å². The molecule has 0 aromatic heterocycles. The van der Waals surface area contributed by atoms with Gasteiger partial charge in [0.2, 0.25) is 0 Å². The molecule has 19 heavy (non-hydrogen) atoms. The van der Waals surface area contributed by atoms with Gasteiger partial charge in [-0.25, -0.2) is 0 Å². The summed E-state index contributed by atoms with van der Waals surface area (Å²) in [5, 5.41) is 8.75. The number of hydrogen-bond donors (Lipinski definition) is 1. The summed E-state index contributed by atoms with van der Waals surface area (Å²) in [6.45, 7) is 8.04. The van der Waals surface area contributed by atoms with Crippen LogP contribution in [0.2, 0.25) is 0 Å². The first-order valence-electron chi connectivity index (χ1n) is 6.85. The Kier molecular flexibility index (Phi) is 6.03. The number of carboxylic acids is 1. The van der Waals surface area contributed by atoms with E-state index in [1.165, 1.54) is 16.7 Å². The van der Waals surface area contributed by atoms with Crippen LogP contribution in [0.5, 0.6) is 0 Å². The number of rotatable bonds is 7. The summed E-state index contributed by atoms with van der Waals surface area (Å²) < 4.78 is 0. The third kappa shape index (κ3) is 5.88. The largest absolute Gasteiger partial charge is 0.481 e. The molecule has 3 heteroatoms. The number of aliphatic carboxylic acids is 1. The Balaban J connectivity index is 2.43. The fraction of sp³-hybridized carbons (Fsp3) is 0.562. The minimum atomic E-state index is -0.713. The van der Waals surface area contributed by atoms with E-state index in [1.54, 1.807) is 0 Å². The van der Waals surface area contributed by atoms with Crippen LogP contribution in [0.1, 0.15) is 30.0 Å². The van der Waals surface area contributed by atoms with E-state index >= 15 is 0 Å². The van der Waals surface area contributed by atoms with Crippen LogP contribution in [0.4, 0.5) is 0 Å². The number of aryl methyl sites for hydroxylation is 2. The van der Waals surface area contributed by atoms with Crippen molar-refractivity contribution in [3.8, 4) is 0 Å². The van der Waals surface area contributed by atoms with E-state index < -0.39 is 5.97 Å². The van der Waals surface area contributed by atoms with Crippen molar-refractivity contribution >= 4 is 5.97 Å². The zero-order valence-corrected chi connectivity index (χ0v) is 12.4. The molecule has 0 bridgehead atoms. The highest BCUT2D eigenvalue weighted by Crippen LogP contribution is 2.12. The molecule has 0 aliphatic heterocycles. The van der Waals surface area contributed by atoms with Crippen molar-refractivity contribution in [1.82, 2.24) is 4.90 Å². The highest BCUT2D eigenvalue weighted by Gasteiger charge is 2.10. The van der Waals surface area contributed by atoms with E-state index in [0.29, 0.717) is 0 Å². The van der Waals surface area contributed by atoms with Gasteiger partial charge >= 0.3 is 5.97 Å². The molecule has 0 amide bonds. The molecule has 1 unspecified atom stereocenters. The third-order valence-corrected chi connectivity index (χ3v) is 3.41. The molecule has 0 aliphatic carbocycles. The Hall–Kier alpha value is -1.35. The second kappa shape index (κ2) is 7.29. The molecule has 1 aromatic carbocycles. The minimum Gasteiger partial charge on any atom is -0.481 e. The van der Waals surface area contributed by atoms with Crippen molar-refractivity contribution in [2.75, 3.05) is 20.1 Å². The average Bonchev–Trinajstić information content (AvgIpc) is 2.29. The normalized spacial score (nSPS) is 12.7. The van der Waals surface area contributed by atoms with Gasteiger partial charge in [0, 0.05) is 19.5 Å². The van der Waals surface area contributed by atoms with Gasteiger partial charge in [0.25, 0.3) is 0 Å². The summed E-state index contributed by atoms with van der Waals surface area (Å²) >= 11 is 0. The molecule has 0 heterocycles. The van der Waals surface area contributed by atoms with E-state index in [-0.39, 0.29) is 12.3 Å². The van der Waals surface area contributed by atoms with E-state index in [4.69, 9.17) is 5.11 Å². The van der Waals surface area contributed by atoms with Crippen LogP contribution in [0.3, 0.4) is 0 Å². The number of hydrogen-bond acceptors (Lipinski definition) is 2. The Morgan fingerprint density at radius 1 is 1.37 bits per heavy atom. The van der Waals surface area contributed by atoms with E-state index in [1.807, 2.05) is 6.92 Å². The van der Waals surface area contributed by atoms with Gasteiger partial charge in [0.1, 0.15) is 0 Å². The summed E-state index contributed by atoms with van der Waals surface area (Å²) in [7, 11) is 2.06. The number of likely N-dealkylation sites (N-methyl/N-ethyl adjacent to an activating group) is 1. The Bertz CT molecular complexity index is 429. The lowest BCUT2D eigenvalue weighted by atomic mass is 10.0. The van der Waals surface area contributed by atoms with Crippen LogP contribution in [-0.2, 0) is 11.2 Å². The first-order valence-corrected chi connectivity index (χ1v) is 6.85. The minimum absolute atomic E-state index is 0.195. The van der Waals surface area contributed by atoms with E-state index in [9.17, 15) is 4.79 Å². The molecule has 3 nitrogen and oxygen atoms in total.